The average Bonchev–Trinajstić information content (AvgIpc) is 2.29. The summed E-state index contributed by atoms with van der Waals surface area (Å²) in [6, 6.07) is 0. The number of rotatable bonds is 10. The summed E-state index contributed by atoms with van der Waals surface area (Å²) in [6.07, 6.45) is 3.02. The van der Waals surface area contributed by atoms with E-state index in [1.54, 1.807) is 0 Å². The molecule has 3 heteroatoms. The van der Waals surface area contributed by atoms with E-state index in [-0.39, 0.29) is 12.3 Å². The van der Waals surface area contributed by atoms with Gasteiger partial charge in [-0.05, 0) is 25.2 Å². The van der Waals surface area contributed by atoms with Crippen LogP contribution in [0.3, 0.4) is 0 Å². The molecule has 0 rings (SSSR count). The predicted octanol–water partition coefficient (Wildman–Crippen LogP) is 6.27. The molecule has 0 heterocycles. The maximum Gasteiger partial charge on any atom is 0.389 e. The maximum atomic E-state index is 12.2. The van der Waals surface area contributed by atoms with Gasteiger partial charge in [0.2, 0.25) is 0 Å². The smallest absolute Gasteiger partial charge is 0.171 e. The lowest BCUT2D eigenvalue weighted by molar-refractivity contribution is -0.134. The second-order valence-electron chi connectivity index (χ2n) is 5.11. The summed E-state index contributed by atoms with van der Waals surface area (Å²) in [6.45, 7) is 8.11. The average molecular weight is 264 g/mol. The summed E-state index contributed by atoms with van der Waals surface area (Å²) in [5.74, 6) is 0.286. The summed E-state index contributed by atoms with van der Waals surface area (Å²) in [5, 5.41) is 0. The Labute approximate surface area is 110 Å². The van der Waals surface area contributed by atoms with Crippen molar-refractivity contribution in [1.82, 2.24) is 0 Å². The first-order valence-electron chi connectivity index (χ1n) is 7.15. The van der Waals surface area contributed by atoms with Crippen LogP contribution in [0.1, 0.15) is 71.6 Å². The van der Waals surface area contributed by atoms with Crippen molar-refractivity contribution in [3.63, 3.8) is 0 Å². The molecule has 0 saturated heterocycles. The van der Waals surface area contributed by atoms with Crippen LogP contribution in [0.4, 0.5) is 13.2 Å². The molecule has 0 aromatic heterocycles. The van der Waals surface area contributed by atoms with Gasteiger partial charge in [0.1, 0.15) is 0 Å². The molecule has 0 aliphatic heterocycles. The third kappa shape index (κ3) is 9.55. The molecular formula is C15H27F3. The van der Waals surface area contributed by atoms with E-state index < -0.39 is 12.6 Å². The van der Waals surface area contributed by atoms with E-state index in [1.807, 2.05) is 0 Å². The third-order valence-corrected chi connectivity index (χ3v) is 3.35. The monoisotopic (exact) mass is 264 g/mol. The van der Waals surface area contributed by atoms with Crippen molar-refractivity contribution in [3.8, 4) is 0 Å². The van der Waals surface area contributed by atoms with Crippen molar-refractivity contribution in [3.05, 3.63) is 12.2 Å². The quantitative estimate of drug-likeness (QED) is 0.322. The van der Waals surface area contributed by atoms with Gasteiger partial charge in [0.25, 0.3) is 0 Å². The second kappa shape index (κ2) is 9.46. The first kappa shape index (κ1) is 17.5. The van der Waals surface area contributed by atoms with E-state index in [4.69, 9.17) is 0 Å². The molecule has 18 heavy (non-hydrogen) atoms. The minimum atomic E-state index is -4.05. The lowest BCUT2D eigenvalue weighted by Crippen LogP contribution is -2.10. The zero-order valence-electron chi connectivity index (χ0n) is 11.8. The molecule has 1 unspecified atom stereocenters. The summed E-state index contributed by atoms with van der Waals surface area (Å²) in [7, 11) is 0. The number of hydrogen-bond donors (Lipinski definition) is 0. The van der Waals surface area contributed by atoms with E-state index in [2.05, 4.69) is 20.4 Å². The highest BCUT2D eigenvalue weighted by atomic mass is 19.4. The molecule has 0 aromatic rings. The minimum Gasteiger partial charge on any atom is -0.171 e. The molecular weight excluding hydrogens is 237 g/mol. The topological polar surface area (TPSA) is 0 Å². The van der Waals surface area contributed by atoms with Gasteiger partial charge in [-0.25, -0.2) is 0 Å². The van der Waals surface area contributed by atoms with Gasteiger partial charge in [-0.1, -0.05) is 58.1 Å². The highest BCUT2D eigenvalue weighted by molar-refractivity contribution is 5.00. The third-order valence-electron chi connectivity index (χ3n) is 3.35. The summed E-state index contributed by atoms with van der Waals surface area (Å²) in [4.78, 5) is 0. The van der Waals surface area contributed by atoms with Crippen molar-refractivity contribution in [2.24, 2.45) is 5.92 Å². The second-order valence-corrected chi connectivity index (χ2v) is 5.11. The van der Waals surface area contributed by atoms with Gasteiger partial charge >= 0.3 is 6.18 Å². The van der Waals surface area contributed by atoms with E-state index in [0.717, 1.165) is 31.3 Å². The van der Waals surface area contributed by atoms with E-state index in [0.29, 0.717) is 0 Å². The molecule has 0 nitrogen and oxygen atoms in total. The number of alkyl halides is 3. The SMILES string of the molecule is C=C(CCC(F)(F)F)C(CCC)CCCCCC. The lowest BCUT2D eigenvalue weighted by Gasteiger charge is -2.19. The highest BCUT2D eigenvalue weighted by Gasteiger charge is 2.27. The maximum absolute atomic E-state index is 12.2. The van der Waals surface area contributed by atoms with Gasteiger partial charge in [0, 0.05) is 6.42 Å². The van der Waals surface area contributed by atoms with Gasteiger partial charge in [0.15, 0.2) is 0 Å². The Balaban J connectivity index is 4.02. The van der Waals surface area contributed by atoms with E-state index in [9.17, 15) is 13.2 Å². The Bertz CT molecular complexity index is 218. The van der Waals surface area contributed by atoms with Crippen molar-refractivity contribution in [2.45, 2.75) is 77.8 Å². The largest absolute Gasteiger partial charge is 0.389 e. The molecule has 0 aliphatic rings. The Kier molecular flexibility index (Phi) is 9.21. The fourth-order valence-electron chi connectivity index (χ4n) is 2.22. The molecule has 0 fully saturated rings. The molecule has 1 atom stereocenters. The van der Waals surface area contributed by atoms with Crippen molar-refractivity contribution < 1.29 is 13.2 Å². The molecule has 0 aliphatic carbocycles. The lowest BCUT2D eigenvalue weighted by atomic mass is 9.87. The van der Waals surface area contributed by atoms with Crippen LogP contribution in [0, 0.1) is 5.92 Å². The molecule has 0 saturated carbocycles. The minimum absolute atomic E-state index is 0.0992. The molecule has 0 spiro atoms. The highest BCUT2D eigenvalue weighted by Crippen LogP contribution is 2.30. The van der Waals surface area contributed by atoms with Gasteiger partial charge in [0.05, 0.1) is 0 Å². The summed E-state index contributed by atoms with van der Waals surface area (Å²) >= 11 is 0. The van der Waals surface area contributed by atoms with Gasteiger partial charge in [-0.2, -0.15) is 13.2 Å². The Hall–Kier alpha value is -0.470. The molecule has 0 N–H and O–H groups in total. The fraction of sp³-hybridized carbons (Fsp3) is 0.867. The first-order valence-corrected chi connectivity index (χ1v) is 7.15. The fourth-order valence-corrected chi connectivity index (χ4v) is 2.22. The van der Waals surface area contributed by atoms with Gasteiger partial charge < -0.3 is 0 Å². The van der Waals surface area contributed by atoms with Gasteiger partial charge in [-0.15, -0.1) is 0 Å². The van der Waals surface area contributed by atoms with Crippen LogP contribution >= 0.6 is 0 Å². The predicted molar refractivity (Wildman–Crippen MR) is 71.6 cm³/mol. The molecule has 0 aromatic carbocycles. The number of halogens is 3. The number of hydrogen-bond acceptors (Lipinski definition) is 0. The van der Waals surface area contributed by atoms with Gasteiger partial charge in [-0.3, -0.25) is 0 Å². The Morgan fingerprint density at radius 3 is 2.17 bits per heavy atom. The standard InChI is InChI=1S/C15H27F3/c1-4-6-7-8-10-14(9-5-2)13(3)11-12-15(16,17)18/h14H,3-12H2,1-2H3. The summed E-state index contributed by atoms with van der Waals surface area (Å²) < 4.78 is 36.5. The van der Waals surface area contributed by atoms with E-state index >= 15 is 0 Å². The van der Waals surface area contributed by atoms with Crippen LogP contribution in [-0.2, 0) is 0 Å². The Morgan fingerprint density at radius 1 is 1.00 bits per heavy atom. The van der Waals surface area contributed by atoms with E-state index in [1.165, 1.54) is 19.3 Å². The number of unbranched alkanes of at least 4 members (excludes halogenated alkanes) is 3. The van der Waals surface area contributed by atoms with Crippen LogP contribution in [0.25, 0.3) is 0 Å². The van der Waals surface area contributed by atoms with Crippen LogP contribution in [0.2, 0.25) is 0 Å². The molecule has 0 bridgehead atoms. The molecule has 0 amide bonds. The first-order chi connectivity index (χ1) is 8.40. The van der Waals surface area contributed by atoms with Crippen LogP contribution in [-0.4, -0.2) is 6.18 Å². The van der Waals surface area contributed by atoms with Crippen molar-refractivity contribution >= 4 is 0 Å². The van der Waals surface area contributed by atoms with Crippen molar-refractivity contribution in [1.29, 1.82) is 0 Å². The van der Waals surface area contributed by atoms with Crippen LogP contribution in [0.5, 0.6) is 0 Å². The van der Waals surface area contributed by atoms with Crippen LogP contribution in [0.15, 0.2) is 12.2 Å². The number of allylic oxidation sites excluding steroid dienone is 1. The summed E-state index contributed by atoms with van der Waals surface area (Å²) in [5.41, 5.74) is 0.797. The Morgan fingerprint density at radius 2 is 1.67 bits per heavy atom. The van der Waals surface area contributed by atoms with Crippen molar-refractivity contribution in [2.75, 3.05) is 0 Å². The zero-order valence-corrected chi connectivity index (χ0v) is 11.8. The van der Waals surface area contributed by atoms with Crippen LogP contribution < -0.4 is 0 Å². The molecule has 0 radical (unpaired) electrons. The zero-order chi connectivity index (χ0) is 14.0. The normalized spacial score (nSPS) is 13.6. The molecule has 108 valence electrons.